The first-order chi connectivity index (χ1) is 9.58. The van der Waals surface area contributed by atoms with Gasteiger partial charge in [-0.2, -0.15) is 0 Å². The number of benzene rings is 1. The lowest BCUT2D eigenvalue weighted by Gasteiger charge is -2.13. The van der Waals surface area contributed by atoms with E-state index in [-0.39, 0.29) is 6.04 Å². The Morgan fingerprint density at radius 3 is 2.65 bits per heavy atom. The fourth-order valence-corrected chi connectivity index (χ4v) is 2.40. The minimum Gasteiger partial charge on any atom is -0.324 e. The molecule has 0 saturated carbocycles. The van der Waals surface area contributed by atoms with Crippen molar-refractivity contribution in [2.75, 3.05) is 0 Å². The van der Waals surface area contributed by atoms with Gasteiger partial charge in [0.25, 0.3) is 0 Å². The van der Waals surface area contributed by atoms with Crippen LogP contribution in [0.4, 0.5) is 0 Å². The molecule has 0 aliphatic heterocycles. The topological polar surface area (TPSA) is 56.7 Å². The molecule has 0 spiro atoms. The number of hydrogen-bond donors (Lipinski definition) is 1. The van der Waals surface area contributed by atoms with E-state index in [4.69, 9.17) is 5.73 Å². The van der Waals surface area contributed by atoms with Crippen molar-refractivity contribution in [1.29, 1.82) is 0 Å². The predicted molar refractivity (Wildman–Crippen MR) is 80.9 cm³/mol. The molecule has 1 atom stereocenters. The Morgan fingerprint density at radius 1 is 1.15 bits per heavy atom. The molecule has 1 aromatic carbocycles. The highest BCUT2D eigenvalue weighted by Crippen LogP contribution is 2.24. The van der Waals surface area contributed by atoms with E-state index in [1.165, 1.54) is 11.1 Å². The molecule has 102 valence electrons. The van der Waals surface area contributed by atoms with Crippen LogP contribution in [0, 0.1) is 13.8 Å². The maximum absolute atomic E-state index is 6.04. The lowest BCUT2D eigenvalue weighted by molar-refractivity contribution is 0.794. The van der Waals surface area contributed by atoms with E-state index in [0.29, 0.717) is 0 Å². The third-order valence-electron chi connectivity index (χ3n) is 3.70. The molecule has 2 heterocycles. The molecule has 3 rings (SSSR count). The van der Waals surface area contributed by atoms with Gasteiger partial charge in [0.2, 0.25) is 0 Å². The second-order valence-corrected chi connectivity index (χ2v) is 5.24. The fourth-order valence-electron chi connectivity index (χ4n) is 2.40. The van der Waals surface area contributed by atoms with Crippen LogP contribution in [0.3, 0.4) is 0 Å². The molecule has 2 N–H and O–H groups in total. The third-order valence-corrected chi connectivity index (χ3v) is 3.70. The molecule has 4 heteroatoms. The Labute approximate surface area is 118 Å². The Bertz CT molecular complexity index is 771. The summed E-state index contributed by atoms with van der Waals surface area (Å²) in [6.45, 7) is 6.17. The van der Waals surface area contributed by atoms with Crippen molar-refractivity contribution < 1.29 is 0 Å². The fraction of sp³-hybridized carbons (Fsp3) is 0.250. The largest absolute Gasteiger partial charge is 0.324 e. The normalized spacial score (nSPS) is 12.8. The van der Waals surface area contributed by atoms with Crippen LogP contribution in [0.15, 0.2) is 36.8 Å². The quantitative estimate of drug-likeness (QED) is 0.775. The Balaban J connectivity index is 2.28. The Morgan fingerprint density at radius 2 is 1.90 bits per heavy atom. The van der Waals surface area contributed by atoms with Gasteiger partial charge in [0.15, 0.2) is 0 Å². The van der Waals surface area contributed by atoms with Crippen LogP contribution in [0.1, 0.15) is 29.7 Å². The summed E-state index contributed by atoms with van der Waals surface area (Å²) in [6, 6.07) is 8.12. The van der Waals surface area contributed by atoms with E-state index in [2.05, 4.69) is 35.9 Å². The molecule has 0 radical (unpaired) electrons. The lowest BCUT2D eigenvalue weighted by Crippen LogP contribution is -2.10. The number of fused-ring (bicyclic) bond motifs is 1. The van der Waals surface area contributed by atoms with Crippen molar-refractivity contribution in [2.24, 2.45) is 5.73 Å². The van der Waals surface area contributed by atoms with Gasteiger partial charge >= 0.3 is 0 Å². The minimum atomic E-state index is -0.0669. The number of aryl methyl sites for hydroxylation is 2. The molecule has 3 aromatic rings. The number of rotatable bonds is 2. The summed E-state index contributed by atoms with van der Waals surface area (Å²) in [7, 11) is 0. The zero-order chi connectivity index (χ0) is 14.3. The standard InChI is InChI=1S/C16H18N4/c1-10-7-14-15(8-11(10)2)20(9-19-14)16-13(12(3)17)5-4-6-18-16/h4-9,12H,17H2,1-3H3/t12-/m0/s1. The molecule has 0 amide bonds. The van der Waals surface area contributed by atoms with Gasteiger partial charge in [-0.05, 0) is 50.1 Å². The average molecular weight is 266 g/mol. The van der Waals surface area contributed by atoms with Crippen molar-refractivity contribution in [1.82, 2.24) is 14.5 Å². The van der Waals surface area contributed by atoms with Crippen LogP contribution < -0.4 is 5.73 Å². The molecular weight excluding hydrogens is 248 g/mol. The Hall–Kier alpha value is -2.20. The molecule has 20 heavy (non-hydrogen) atoms. The summed E-state index contributed by atoms with van der Waals surface area (Å²) >= 11 is 0. The predicted octanol–water partition coefficient (Wildman–Crippen LogP) is 3.06. The van der Waals surface area contributed by atoms with Crippen molar-refractivity contribution in [3.05, 3.63) is 53.5 Å². The second-order valence-electron chi connectivity index (χ2n) is 5.24. The van der Waals surface area contributed by atoms with Crippen molar-refractivity contribution in [2.45, 2.75) is 26.8 Å². The summed E-state index contributed by atoms with van der Waals surface area (Å²) in [5.74, 6) is 0.855. The molecule has 4 nitrogen and oxygen atoms in total. The van der Waals surface area contributed by atoms with Gasteiger partial charge in [-0.25, -0.2) is 9.97 Å². The molecular formula is C16H18N4. The highest BCUT2D eigenvalue weighted by atomic mass is 15.1. The molecule has 0 aliphatic rings. The van der Waals surface area contributed by atoms with Crippen molar-refractivity contribution in [3.8, 4) is 5.82 Å². The monoisotopic (exact) mass is 266 g/mol. The van der Waals surface area contributed by atoms with E-state index in [1.54, 1.807) is 6.20 Å². The highest BCUT2D eigenvalue weighted by molar-refractivity contribution is 5.79. The second kappa shape index (κ2) is 4.72. The van der Waals surface area contributed by atoms with Crippen LogP contribution in [-0.4, -0.2) is 14.5 Å². The lowest BCUT2D eigenvalue weighted by atomic mass is 10.1. The van der Waals surface area contributed by atoms with E-state index in [1.807, 2.05) is 30.0 Å². The number of nitrogens with zero attached hydrogens (tertiary/aromatic N) is 3. The molecule has 2 aromatic heterocycles. The average Bonchev–Trinajstić information content (AvgIpc) is 2.82. The van der Waals surface area contributed by atoms with E-state index in [0.717, 1.165) is 22.4 Å². The number of aromatic nitrogens is 3. The number of pyridine rings is 1. The SMILES string of the molecule is Cc1cc2ncn(-c3ncccc3[C@H](C)N)c2cc1C. The van der Waals surface area contributed by atoms with Gasteiger partial charge in [-0.15, -0.1) is 0 Å². The van der Waals surface area contributed by atoms with Gasteiger partial charge in [-0.3, -0.25) is 4.57 Å². The summed E-state index contributed by atoms with van der Waals surface area (Å²) in [4.78, 5) is 8.97. The van der Waals surface area contributed by atoms with Crippen LogP contribution in [0.2, 0.25) is 0 Å². The summed E-state index contributed by atoms with van der Waals surface area (Å²) in [5.41, 5.74) is 11.6. The third kappa shape index (κ3) is 1.98. The minimum absolute atomic E-state index is 0.0669. The van der Waals surface area contributed by atoms with E-state index < -0.39 is 0 Å². The van der Waals surface area contributed by atoms with Crippen LogP contribution in [-0.2, 0) is 0 Å². The number of hydrogen-bond acceptors (Lipinski definition) is 3. The van der Waals surface area contributed by atoms with Crippen LogP contribution in [0.25, 0.3) is 16.9 Å². The number of imidazole rings is 1. The van der Waals surface area contributed by atoms with E-state index in [9.17, 15) is 0 Å². The molecule has 0 bridgehead atoms. The molecule has 0 aliphatic carbocycles. The first-order valence-electron chi connectivity index (χ1n) is 6.73. The van der Waals surface area contributed by atoms with Gasteiger partial charge < -0.3 is 5.73 Å². The van der Waals surface area contributed by atoms with Gasteiger partial charge in [0.1, 0.15) is 12.1 Å². The van der Waals surface area contributed by atoms with Gasteiger partial charge in [0.05, 0.1) is 11.0 Å². The van der Waals surface area contributed by atoms with Crippen LogP contribution >= 0.6 is 0 Å². The molecule has 0 fully saturated rings. The zero-order valence-electron chi connectivity index (χ0n) is 12.0. The maximum atomic E-state index is 6.04. The summed E-state index contributed by atoms with van der Waals surface area (Å²) in [5, 5.41) is 0. The van der Waals surface area contributed by atoms with Crippen molar-refractivity contribution >= 4 is 11.0 Å². The smallest absolute Gasteiger partial charge is 0.143 e. The first kappa shape index (κ1) is 12.8. The maximum Gasteiger partial charge on any atom is 0.143 e. The van der Waals surface area contributed by atoms with Crippen molar-refractivity contribution in [3.63, 3.8) is 0 Å². The van der Waals surface area contributed by atoms with Gasteiger partial charge in [-0.1, -0.05) is 6.07 Å². The Kier molecular flexibility index (Phi) is 3.03. The van der Waals surface area contributed by atoms with E-state index >= 15 is 0 Å². The first-order valence-corrected chi connectivity index (χ1v) is 6.73. The van der Waals surface area contributed by atoms with Gasteiger partial charge in [0, 0.05) is 17.8 Å². The summed E-state index contributed by atoms with van der Waals surface area (Å²) < 4.78 is 2.01. The summed E-state index contributed by atoms with van der Waals surface area (Å²) in [6.07, 6.45) is 3.60. The number of nitrogens with two attached hydrogens (primary N) is 1. The van der Waals surface area contributed by atoms with Crippen LogP contribution in [0.5, 0.6) is 0 Å². The molecule has 0 unspecified atom stereocenters. The molecule has 0 saturated heterocycles. The zero-order valence-corrected chi connectivity index (χ0v) is 12.0. The highest BCUT2D eigenvalue weighted by Gasteiger charge is 2.13.